The summed E-state index contributed by atoms with van der Waals surface area (Å²) in [6, 6.07) is 0. The third-order valence-electron chi connectivity index (χ3n) is 5.96. The number of rotatable bonds is 4. The van der Waals surface area contributed by atoms with Crippen molar-refractivity contribution in [1.82, 2.24) is 29.4 Å². The Labute approximate surface area is 160 Å². The van der Waals surface area contributed by atoms with E-state index in [1.165, 1.54) is 36.5 Å². The lowest BCUT2D eigenvalue weighted by Gasteiger charge is -2.31. The largest absolute Gasteiger partial charge is 0.315 e. The summed E-state index contributed by atoms with van der Waals surface area (Å²) >= 11 is 6.47. The summed E-state index contributed by atoms with van der Waals surface area (Å²) in [6.07, 6.45) is 8.14. The average Bonchev–Trinajstić information content (AvgIpc) is 3.07. The van der Waals surface area contributed by atoms with E-state index in [9.17, 15) is 0 Å². The molecule has 26 heavy (non-hydrogen) atoms. The van der Waals surface area contributed by atoms with Crippen LogP contribution >= 0.6 is 11.6 Å². The average molecular weight is 377 g/mol. The second-order valence-electron chi connectivity index (χ2n) is 7.68. The Morgan fingerprint density at radius 3 is 2.65 bits per heavy atom. The molecule has 4 rings (SSSR count). The molecule has 2 aromatic heterocycles. The number of hydrogen-bond acceptors (Lipinski definition) is 4. The van der Waals surface area contributed by atoms with Crippen LogP contribution in [-0.2, 0) is 33.0 Å². The van der Waals surface area contributed by atoms with Crippen LogP contribution in [0.5, 0.6) is 0 Å². The van der Waals surface area contributed by atoms with Crippen molar-refractivity contribution in [2.45, 2.75) is 70.9 Å². The second-order valence-corrected chi connectivity index (χ2v) is 8.04. The molecular formula is C19H29ClN6. The van der Waals surface area contributed by atoms with Gasteiger partial charge < -0.3 is 4.57 Å². The smallest absolute Gasteiger partial charge is 0.136 e. The third-order valence-corrected chi connectivity index (χ3v) is 6.43. The van der Waals surface area contributed by atoms with E-state index in [4.69, 9.17) is 11.6 Å². The van der Waals surface area contributed by atoms with E-state index < -0.39 is 0 Å². The van der Waals surface area contributed by atoms with Gasteiger partial charge in [0.2, 0.25) is 0 Å². The van der Waals surface area contributed by atoms with Crippen LogP contribution in [0.3, 0.4) is 0 Å². The predicted molar refractivity (Wildman–Crippen MR) is 102 cm³/mol. The van der Waals surface area contributed by atoms with Crippen molar-refractivity contribution in [3.8, 4) is 0 Å². The van der Waals surface area contributed by atoms with Crippen molar-refractivity contribution in [1.29, 1.82) is 0 Å². The quantitative estimate of drug-likeness (QED) is 0.821. The molecule has 0 unspecified atom stereocenters. The lowest BCUT2D eigenvalue weighted by molar-refractivity contribution is 0.199. The molecular weight excluding hydrogens is 348 g/mol. The van der Waals surface area contributed by atoms with E-state index in [1.807, 2.05) is 7.05 Å². The zero-order valence-corrected chi connectivity index (χ0v) is 16.7. The maximum atomic E-state index is 6.47. The molecule has 4 heterocycles. The maximum Gasteiger partial charge on any atom is 0.136 e. The van der Waals surface area contributed by atoms with Crippen LogP contribution in [0.4, 0.5) is 0 Å². The summed E-state index contributed by atoms with van der Waals surface area (Å²) in [4.78, 5) is 2.51. The second kappa shape index (κ2) is 7.69. The lowest BCUT2D eigenvalue weighted by atomic mass is 9.95. The monoisotopic (exact) mass is 376 g/mol. The minimum absolute atomic E-state index is 0.542. The predicted octanol–water partition coefficient (Wildman–Crippen LogP) is 3.33. The molecule has 0 radical (unpaired) electrons. The van der Waals surface area contributed by atoms with E-state index in [-0.39, 0.29) is 0 Å². The summed E-state index contributed by atoms with van der Waals surface area (Å²) in [5.41, 5.74) is 2.33. The van der Waals surface area contributed by atoms with Gasteiger partial charge in [-0.25, -0.2) is 0 Å². The minimum atomic E-state index is 0.542. The number of piperidine rings is 1. The Morgan fingerprint density at radius 1 is 1.08 bits per heavy atom. The van der Waals surface area contributed by atoms with Crippen LogP contribution in [0.1, 0.15) is 67.9 Å². The van der Waals surface area contributed by atoms with Gasteiger partial charge in [-0.05, 0) is 45.2 Å². The normalized spacial score (nSPS) is 19.5. The van der Waals surface area contributed by atoms with E-state index in [0.717, 1.165) is 62.7 Å². The van der Waals surface area contributed by atoms with Crippen LogP contribution in [-0.4, -0.2) is 42.5 Å². The fraction of sp³-hybridized carbons (Fsp3) is 0.737. The maximum absolute atomic E-state index is 6.47. The van der Waals surface area contributed by atoms with Crippen LogP contribution < -0.4 is 0 Å². The molecule has 0 bridgehead atoms. The Hall–Kier alpha value is -1.40. The van der Waals surface area contributed by atoms with Gasteiger partial charge in [0, 0.05) is 38.0 Å². The number of halogens is 1. The minimum Gasteiger partial charge on any atom is -0.315 e. The SMILES string of the molecule is CCc1nn(C)c(Cl)c1CN1CCC(c2nnc3n2CCCCC3)CC1. The van der Waals surface area contributed by atoms with Crippen LogP contribution in [0.2, 0.25) is 5.15 Å². The van der Waals surface area contributed by atoms with Gasteiger partial charge in [-0.3, -0.25) is 9.58 Å². The number of hydrogen-bond donors (Lipinski definition) is 0. The fourth-order valence-electron chi connectivity index (χ4n) is 4.42. The van der Waals surface area contributed by atoms with Crippen LogP contribution in [0.15, 0.2) is 0 Å². The number of nitrogens with zero attached hydrogens (tertiary/aromatic N) is 6. The van der Waals surface area contributed by atoms with Crippen LogP contribution in [0, 0.1) is 0 Å². The van der Waals surface area contributed by atoms with Gasteiger partial charge in [-0.2, -0.15) is 5.10 Å². The third kappa shape index (κ3) is 3.41. The van der Waals surface area contributed by atoms with Gasteiger partial charge in [0.25, 0.3) is 0 Å². The lowest BCUT2D eigenvalue weighted by Crippen LogP contribution is -2.33. The Bertz CT molecular complexity index is 756. The topological polar surface area (TPSA) is 51.8 Å². The molecule has 0 N–H and O–H groups in total. The van der Waals surface area contributed by atoms with Crippen molar-refractivity contribution >= 4 is 11.6 Å². The van der Waals surface area contributed by atoms with Gasteiger partial charge in [0.1, 0.15) is 16.8 Å². The summed E-state index contributed by atoms with van der Waals surface area (Å²) in [5, 5.41) is 14.4. The van der Waals surface area contributed by atoms with Gasteiger partial charge >= 0.3 is 0 Å². The molecule has 0 saturated carbocycles. The summed E-state index contributed by atoms with van der Waals surface area (Å²) in [5.74, 6) is 2.98. The molecule has 7 heteroatoms. The number of aryl methyl sites for hydroxylation is 3. The van der Waals surface area contributed by atoms with Crippen molar-refractivity contribution < 1.29 is 0 Å². The van der Waals surface area contributed by atoms with Crippen molar-refractivity contribution in [2.75, 3.05) is 13.1 Å². The Balaban J connectivity index is 1.41. The summed E-state index contributed by atoms with van der Waals surface area (Å²) in [6.45, 7) is 6.32. The summed E-state index contributed by atoms with van der Waals surface area (Å²) in [7, 11) is 1.92. The van der Waals surface area contributed by atoms with E-state index in [1.54, 1.807) is 4.68 Å². The highest BCUT2D eigenvalue weighted by Crippen LogP contribution is 2.30. The molecule has 2 aromatic rings. The molecule has 0 aromatic carbocycles. The molecule has 1 fully saturated rings. The van der Waals surface area contributed by atoms with Gasteiger partial charge in [-0.1, -0.05) is 24.9 Å². The molecule has 0 spiro atoms. The highest BCUT2D eigenvalue weighted by Gasteiger charge is 2.27. The Morgan fingerprint density at radius 2 is 1.88 bits per heavy atom. The first kappa shape index (κ1) is 18.0. The molecule has 2 aliphatic rings. The number of likely N-dealkylation sites (tertiary alicyclic amines) is 1. The zero-order chi connectivity index (χ0) is 18.1. The molecule has 0 amide bonds. The van der Waals surface area contributed by atoms with E-state index in [2.05, 4.69) is 31.7 Å². The number of aromatic nitrogens is 5. The fourth-order valence-corrected chi connectivity index (χ4v) is 4.63. The molecule has 142 valence electrons. The van der Waals surface area contributed by atoms with Gasteiger partial charge in [0.05, 0.1) is 5.69 Å². The van der Waals surface area contributed by atoms with E-state index in [0.29, 0.717) is 5.92 Å². The van der Waals surface area contributed by atoms with Crippen molar-refractivity contribution in [3.63, 3.8) is 0 Å². The molecule has 6 nitrogen and oxygen atoms in total. The molecule has 0 aliphatic carbocycles. The number of fused-ring (bicyclic) bond motifs is 1. The standard InChI is InChI=1S/C19H29ClN6/c1-3-16-15(18(20)24(2)23-16)13-25-11-8-14(9-12-25)19-22-21-17-7-5-4-6-10-26(17)19/h14H,3-13H2,1-2H3. The highest BCUT2D eigenvalue weighted by atomic mass is 35.5. The van der Waals surface area contributed by atoms with Gasteiger partial charge in [-0.15, -0.1) is 10.2 Å². The first-order chi connectivity index (χ1) is 12.7. The Kier molecular flexibility index (Phi) is 5.32. The highest BCUT2D eigenvalue weighted by molar-refractivity contribution is 6.30. The molecule has 0 atom stereocenters. The molecule has 1 saturated heterocycles. The zero-order valence-electron chi connectivity index (χ0n) is 15.9. The summed E-state index contributed by atoms with van der Waals surface area (Å²) < 4.78 is 4.22. The van der Waals surface area contributed by atoms with Crippen LogP contribution in [0.25, 0.3) is 0 Å². The van der Waals surface area contributed by atoms with E-state index >= 15 is 0 Å². The van der Waals surface area contributed by atoms with Crippen molar-refractivity contribution in [3.05, 3.63) is 28.1 Å². The van der Waals surface area contributed by atoms with Crippen molar-refractivity contribution in [2.24, 2.45) is 7.05 Å². The van der Waals surface area contributed by atoms with Gasteiger partial charge in [0.15, 0.2) is 0 Å². The first-order valence-corrected chi connectivity index (χ1v) is 10.4. The molecule has 2 aliphatic heterocycles. The first-order valence-electron chi connectivity index (χ1n) is 10.0.